The van der Waals surface area contributed by atoms with Crippen molar-refractivity contribution in [2.75, 3.05) is 31.1 Å². The van der Waals surface area contributed by atoms with Crippen molar-refractivity contribution in [2.45, 2.75) is 12.5 Å². The number of aromatic nitrogens is 1. The first kappa shape index (κ1) is 25.6. The predicted octanol–water partition coefficient (Wildman–Crippen LogP) is 4.65. The van der Waals surface area contributed by atoms with Gasteiger partial charge in [0, 0.05) is 53.9 Å². The van der Waals surface area contributed by atoms with Crippen LogP contribution in [0.1, 0.15) is 28.4 Å². The quantitative estimate of drug-likeness (QED) is 0.286. The van der Waals surface area contributed by atoms with E-state index >= 15 is 4.39 Å². The Morgan fingerprint density at radius 1 is 1.07 bits per heavy atom. The number of halogens is 4. The number of hydrogen-bond acceptors (Lipinski definition) is 5. The number of hydrogen-bond donors (Lipinski definition) is 2. The van der Waals surface area contributed by atoms with Crippen molar-refractivity contribution in [3.8, 4) is 16.9 Å². The molecule has 0 radical (unpaired) electrons. The number of nitrogens with one attached hydrogen (secondary N) is 2. The summed E-state index contributed by atoms with van der Waals surface area (Å²) in [6, 6.07) is 10.4. The van der Waals surface area contributed by atoms with Crippen LogP contribution in [0.25, 0.3) is 22.0 Å². The van der Waals surface area contributed by atoms with Gasteiger partial charge in [-0.05, 0) is 24.3 Å². The second kappa shape index (κ2) is 10.1. The van der Waals surface area contributed by atoms with E-state index in [-0.39, 0.29) is 47.2 Å². The van der Waals surface area contributed by atoms with Crippen molar-refractivity contribution in [2.24, 2.45) is 0 Å². The molecule has 2 aliphatic rings. The maximum Gasteiger partial charge on any atom is 0.255 e. The van der Waals surface area contributed by atoms with E-state index in [0.29, 0.717) is 37.5 Å². The standard InChI is InChI=1S/C29H22F4N4O3/c30-15-11-18(26(33)21(32)12-15)25-20(31)6-5-17-27(25)35-13-19(28(17)37-9-8-34-24(38)14-37)29(39)36-22-7-10-40-23-4-2-1-3-16(22)23/h1-6,11-13,22H,7-10,14H2,(H,34,38)(H,36,39). The molecule has 1 atom stereocenters. The van der Waals surface area contributed by atoms with Gasteiger partial charge in [-0.2, -0.15) is 0 Å². The molecule has 1 fully saturated rings. The molecule has 2 N–H and O–H groups in total. The molecule has 2 amide bonds. The van der Waals surface area contributed by atoms with Gasteiger partial charge < -0.3 is 20.3 Å². The molecule has 1 saturated heterocycles. The molecule has 1 aromatic heterocycles. The Balaban J connectivity index is 1.51. The first-order chi connectivity index (χ1) is 19.3. The Hall–Kier alpha value is -4.67. The Morgan fingerprint density at radius 2 is 1.90 bits per heavy atom. The SMILES string of the molecule is O=C1CN(c2c(C(=O)NC3CCOc4ccccc43)cnc3c(-c4cc(F)cc(F)c4F)c(F)ccc23)CCN1. The molecule has 4 aromatic rings. The van der Waals surface area contributed by atoms with Gasteiger partial charge in [-0.3, -0.25) is 14.6 Å². The minimum Gasteiger partial charge on any atom is -0.493 e. The minimum atomic E-state index is -1.48. The van der Waals surface area contributed by atoms with Crippen LogP contribution in [0.15, 0.2) is 54.7 Å². The number of piperazine rings is 1. The number of carbonyl (C=O) groups excluding carboxylic acids is 2. The van der Waals surface area contributed by atoms with Crippen molar-refractivity contribution in [1.82, 2.24) is 15.6 Å². The Labute approximate surface area is 225 Å². The number of anilines is 1. The maximum atomic E-state index is 15.2. The molecule has 0 spiro atoms. The molecule has 1 unspecified atom stereocenters. The fourth-order valence-electron chi connectivity index (χ4n) is 5.29. The van der Waals surface area contributed by atoms with Crippen LogP contribution in [-0.4, -0.2) is 43.0 Å². The van der Waals surface area contributed by atoms with Gasteiger partial charge in [-0.25, -0.2) is 17.6 Å². The van der Waals surface area contributed by atoms with E-state index in [2.05, 4.69) is 15.6 Å². The molecular formula is C29H22F4N4O3. The highest BCUT2D eigenvalue weighted by molar-refractivity contribution is 6.11. The topological polar surface area (TPSA) is 83.6 Å². The highest BCUT2D eigenvalue weighted by Crippen LogP contribution is 2.39. The number of pyridine rings is 1. The van der Waals surface area contributed by atoms with Gasteiger partial charge in [0.2, 0.25) is 5.91 Å². The third kappa shape index (κ3) is 4.47. The predicted molar refractivity (Wildman–Crippen MR) is 139 cm³/mol. The molecule has 3 aromatic carbocycles. The van der Waals surface area contributed by atoms with E-state index < -0.39 is 40.3 Å². The largest absolute Gasteiger partial charge is 0.493 e. The van der Waals surface area contributed by atoms with Crippen molar-refractivity contribution in [3.63, 3.8) is 0 Å². The minimum absolute atomic E-state index is 0.102. The second-order valence-corrected chi connectivity index (χ2v) is 9.56. The molecule has 3 heterocycles. The fraction of sp³-hybridized carbons (Fsp3) is 0.207. The molecule has 204 valence electrons. The first-order valence-electron chi connectivity index (χ1n) is 12.6. The van der Waals surface area contributed by atoms with Gasteiger partial charge in [-0.1, -0.05) is 18.2 Å². The third-order valence-electron chi connectivity index (χ3n) is 7.09. The number of rotatable bonds is 4. The molecule has 0 aliphatic carbocycles. The van der Waals surface area contributed by atoms with Crippen LogP contribution < -0.4 is 20.3 Å². The number of amides is 2. The van der Waals surface area contributed by atoms with Crippen LogP contribution in [0.5, 0.6) is 5.75 Å². The zero-order valence-electron chi connectivity index (χ0n) is 20.9. The zero-order chi connectivity index (χ0) is 28.0. The van der Waals surface area contributed by atoms with Gasteiger partial charge in [0.25, 0.3) is 5.91 Å². The summed E-state index contributed by atoms with van der Waals surface area (Å²) in [5, 5.41) is 5.94. The summed E-state index contributed by atoms with van der Waals surface area (Å²) in [6.07, 6.45) is 1.73. The molecule has 7 nitrogen and oxygen atoms in total. The average Bonchev–Trinajstić information content (AvgIpc) is 2.94. The summed E-state index contributed by atoms with van der Waals surface area (Å²) in [6.45, 7) is 0.903. The highest BCUT2D eigenvalue weighted by Gasteiger charge is 2.30. The van der Waals surface area contributed by atoms with Crippen molar-refractivity contribution >= 4 is 28.4 Å². The number of benzene rings is 3. The van der Waals surface area contributed by atoms with Gasteiger partial charge >= 0.3 is 0 Å². The highest BCUT2D eigenvalue weighted by atomic mass is 19.2. The number of carbonyl (C=O) groups is 2. The normalized spacial score (nSPS) is 16.8. The number of para-hydroxylation sites is 1. The summed E-state index contributed by atoms with van der Waals surface area (Å²) >= 11 is 0. The van der Waals surface area contributed by atoms with Crippen LogP contribution in [-0.2, 0) is 4.79 Å². The van der Waals surface area contributed by atoms with Crippen molar-refractivity contribution in [3.05, 3.63) is 89.1 Å². The van der Waals surface area contributed by atoms with E-state index in [1.165, 1.54) is 12.3 Å². The molecule has 0 saturated carbocycles. The van der Waals surface area contributed by atoms with Crippen LogP contribution in [0.3, 0.4) is 0 Å². The summed E-state index contributed by atoms with van der Waals surface area (Å²) in [5.74, 6) is -5.09. The molecule has 6 rings (SSSR count). The second-order valence-electron chi connectivity index (χ2n) is 9.56. The first-order valence-corrected chi connectivity index (χ1v) is 12.6. The lowest BCUT2D eigenvalue weighted by atomic mass is 9.97. The summed E-state index contributed by atoms with van der Waals surface area (Å²) in [7, 11) is 0. The summed E-state index contributed by atoms with van der Waals surface area (Å²) in [4.78, 5) is 32.0. The Bertz CT molecular complexity index is 1680. The molecule has 2 aliphatic heterocycles. The lowest BCUT2D eigenvalue weighted by molar-refractivity contribution is -0.120. The van der Waals surface area contributed by atoms with Crippen LogP contribution in [0, 0.1) is 23.3 Å². The lowest BCUT2D eigenvalue weighted by Crippen LogP contribution is -2.48. The van der Waals surface area contributed by atoms with Gasteiger partial charge in [0.1, 0.15) is 17.4 Å². The van der Waals surface area contributed by atoms with E-state index in [0.717, 1.165) is 11.6 Å². The molecule has 0 bridgehead atoms. The summed E-state index contributed by atoms with van der Waals surface area (Å²) < 4.78 is 63.8. The number of nitrogens with zero attached hydrogens (tertiary/aromatic N) is 2. The maximum absolute atomic E-state index is 15.2. The van der Waals surface area contributed by atoms with Crippen LogP contribution >= 0.6 is 0 Å². The van der Waals surface area contributed by atoms with Gasteiger partial charge in [0.05, 0.1) is 36.0 Å². The van der Waals surface area contributed by atoms with E-state index in [9.17, 15) is 22.8 Å². The zero-order valence-corrected chi connectivity index (χ0v) is 20.9. The molecule has 11 heteroatoms. The average molecular weight is 551 g/mol. The molecule has 40 heavy (non-hydrogen) atoms. The van der Waals surface area contributed by atoms with Gasteiger partial charge in [0.15, 0.2) is 11.6 Å². The monoisotopic (exact) mass is 550 g/mol. The van der Waals surface area contributed by atoms with Crippen molar-refractivity contribution in [1.29, 1.82) is 0 Å². The smallest absolute Gasteiger partial charge is 0.255 e. The number of fused-ring (bicyclic) bond motifs is 2. The Kier molecular flexibility index (Phi) is 6.49. The molecular weight excluding hydrogens is 528 g/mol. The van der Waals surface area contributed by atoms with Crippen LogP contribution in [0.4, 0.5) is 23.2 Å². The Morgan fingerprint density at radius 3 is 2.73 bits per heavy atom. The van der Waals surface area contributed by atoms with E-state index in [1.807, 2.05) is 24.3 Å². The third-order valence-corrected chi connectivity index (χ3v) is 7.09. The van der Waals surface area contributed by atoms with E-state index in [1.54, 1.807) is 4.90 Å². The van der Waals surface area contributed by atoms with Gasteiger partial charge in [-0.15, -0.1) is 0 Å². The number of ether oxygens (including phenoxy) is 1. The summed E-state index contributed by atoms with van der Waals surface area (Å²) in [5.41, 5.74) is -0.0284. The lowest BCUT2D eigenvalue weighted by Gasteiger charge is -2.32. The van der Waals surface area contributed by atoms with E-state index in [4.69, 9.17) is 4.74 Å². The fourth-order valence-corrected chi connectivity index (χ4v) is 5.29. The van der Waals surface area contributed by atoms with Crippen LogP contribution in [0.2, 0.25) is 0 Å². The van der Waals surface area contributed by atoms with Crippen molar-refractivity contribution < 1.29 is 31.9 Å².